The minimum absolute atomic E-state index is 0.0799. The first-order valence-corrected chi connectivity index (χ1v) is 3.94. The summed E-state index contributed by atoms with van der Waals surface area (Å²) in [4.78, 5) is 0. The van der Waals surface area contributed by atoms with E-state index in [1.165, 1.54) is 0 Å². The number of nitrogens with one attached hydrogen (secondary N) is 2. The molecule has 0 spiro atoms. The average molecular weight is 167 g/mol. The first-order valence-electron chi connectivity index (χ1n) is 3.50. The second-order valence-corrected chi connectivity index (χ2v) is 2.92. The monoisotopic (exact) mass is 166 g/mol. The van der Waals surface area contributed by atoms with E-state index in [9.17, 15) is 4.39 Å². The zero-order chi connectivity index (χ0) is 7.56. The molecule has 1 saturated heterocycles. The van der Waals surface area contributed by atoms with Crippen molar-refractivity contribution in [3.63, 3.8) is 0 Å². The minimum atomic E-state index is -0.972. The Hall–Kier alpha value is 0.140. The molecule has 2 N–H and O–H groups in total. The van der Waals surface area contributed by atoms with Crippen LogP contribution in [0.4, 0.5) is 4.39 Å². The number of alkyl halides is 2. The lowest BCUT2D eigenvalue weighted by atomic mass is 10.1. The summed E-state index contributed by atoms with van der Waals surface area (Å²) in [6.07, 6.45) is -0.188. The van der Waals surface area contributed by atoms with E-state index < -0.39 is 11.7 Å². The summed E-state index contributed by atoms with van der Waals surface area (Å²) >= 11 is 5.61. The highest BCUT2D eigenvalue weighted by atomic mass is 35.5. The smallest absolute Gasteiger partial charge is 0.144 e. The Bertz CT molecular complexity index is 112. The second kappa shape index (κ2) is 3.51. The third kappa shape index (κ3) is 1.59. The maximum absolute atomic E-state index is 13.0. The topological polar surface area (TPSA) is 24.1 Å². The number of halogens is 2. The van der Waals surface area contributed by atoms with Crippen molar-refractivity contribution in [3.05, 3.63) is 0 Å². The largest absolute Gasteiger partial charge is 0.299 e. The molecule has 0 amide bonds. The Kier molecular flexibility index (Phi) is 2.89. The van der Waals surface area contributed by atoms with E-state index in [1.54, 1.807) is 0 Å². The van der Waals surface area contributed by atoms with Gasteiger partial charge in [0.05, 0.1) is 0 Å². The first kappa shape index (κ1) is 8.24. The van der Waals surface area contributed by atoms with Crippen molar-refractivity contribution in [2.45, 2.75) is 31.1 Å². The molecule has 2 nitrogen and oxygen atoms in total. The molecule has 3 unspecified atom stereocenters. The Balaban J connectivity index is 2.42. The third-order valence-corrected chi connectivity index (χ3v) is 2.16. The zero-order valence-corrected chi connectivity index (χ0v) is 6.66. The van der Waals surface area contributed by atoms with Crippen LogP contribution < -0.4 is 10.6 Å². The first-order chi connectivity index (χ1) is 4.75. The SMILES string of the molecule is CCC1NCNC(Cl)C1F. The van der Waals surface area contributed by atoms with Gasteiger partial charge in [0.1, 0.15) is 11.7 Å². The summed E-state index contributed by atoms with van der Waals surface area (Å²) < 4.78 is 13.0. The fourth-order valence-electron chi connectivity index (χ4n) is 1.09. The molecule has 0 saturated carbocycles. The summed E-state index contributed by atoms with van der Waals surface area (Å²) in [5.41, 5.74) is -0.522. The van der Waals surface area contributed by atoms with Gasteiger partial charge in [-0.1, -0.05) is 6.92 Å². The van der Waals surface area contributed by atoms with Gasteiger partial charge >= 0.3 is 0 Å². The summed E-state index contributed by atoms with van der Waals surface area (Å²) in [6, 6.07) is -0.0799. The van der Waals surface area contributed by atoms with Crippen LogP contribution in [0.5, 0.6) is 0 Å². The number of hydrogen-bond acceptors (Lipinski definition) is 2. The molecule has 0 aliphatic carbocycles. The normalized spacial score (nSPS) is 41.7. The Labute approximate surface area is 65.1 Å². The van der Waals surface area contributed by atoms with Crippen molar-refractivity contribution in [3.8, 4) is 0 Å². The van der Waals surface area contributed by atoms with Crippen LogP contribution in [0.25, 0.3) is 0 Å². The van der Waals surface area contributed by atoms with E-state index in [4.69, 9.17) is 11.6 Å². The molecule has 1 rings (SSSR count). The predicted octanol–water partition coefficient (Wildman–Crippen LogP) is 0.818. The average Bonchev–Trinajstić information content (AvgIpc) is 1.95. The van der Waals surface area contributed by atoms with Gasteiger partial charge in [-0.05, 0) is 6.42 Å². The molecule has 0 aromatic heterocycles. The van der Waals surface area contributed by atoms with E-state index in [-0.39, 0.29) is 6.04 Å². The lowest BCUT2D eigenvalue weighted by molar-refractivity contribution is 0.181. The summed E-state index contributed by atoms with van der Waals surface area (Å²) in [6.45, 7) is 2.55. The van der Waals surface area contributed by atoms with Crippen LogP contribution in [0.3, 0.4) is 0 Å². The molecule has 1 aliphatic rings. The van der Waals surface area contributed by atoms with Gasteiger partial charge in [-0.15, -0.1) is 11.6 Å². The number of hydrogen-bond donors (Lipinski definition) is 2. The summed E-state index contributed by atoms with van der Waals surface area (Å²) in [5, 5.41) is 5.75. The second-order valence-electron chi connectivity index (χ2n) is 2.45. The molecule has 0 aromatic rings. The van der Waals surface area contributed by atoms with E-state index in [2.05, 4.69) is 10.6 Å². The van der Waals surface area contributed by atoms with Gasteiger partial charge in [-0.2, -0.15) is 0 Å². The van der Waals surface area contributed by atoms with Gasteiger partial charge in [0.25, 0.3) is 0 Å². The quantitative estimate of drug-likeness (QED) is 0.445. The number of rotatable bonds is 1. The van der Waals surface area contributed by atoms with E-state index in [0.29, 0.717) is 6.67 Å². The molecular weight excluding hydrogens is 155 g/mol. The molecule has 60 valence electrons. The maximum Gasteiger partial charge on any atom is 0.144 e. The van der Waals surface area contributed by atoms with Crippen LogP contribution in [0.15, 0.2) is 0 Å². The predicted molar refractivity (Wildman–Crippen MR) is 39.8 cm³/mol. The Morgan fingerprint density at radius 2 is 2.30 bits per heavy atom. The van der Waals surface area contributed by atoms with E-state index in [0.717, 1.165) is 6.42 Å². The van der Waals surface area contributed by atoms with Crippen molar-refractivity contribution in [2.24, 2.45) is 0 Å². The van der Waals surface area contributed by atoms with Gasteiger partial charge < -0.3 is 0 Å². The molecule has 3 atom stereocenters. The van der Waals surface area contributed by atoms with Crippen LogP contribution in [0, 0.1) is 0 Å². The van der Waals surface area contributed by atoms with Gasteiger partial charge in [0, 0.05) is 12.7 Å². The highest BCUT2D eigenvalue weighted by Gasteiger charge is 2.29. The molecular formula is C6H12ClFN2. The fourth-order valence-corrected chi connectivity index (χ4v) is 1.34. The van der Waals surface area contributed by atoms with Crippen LogP contribution in [0.2, 0.25) is 0 Å². The summed E-state index contributed by atoms with van der Waals surface area (Å²) in [5.74, 6) is 0. The molecule has 1 aliphatic heterocycles. The highest BCUT2D eigenvalue weighted by Crippen LogP contribution is 2.13. The van der Waals surface area contributed by atoms with Crippen LogP contribution in [0.1, 0.15) is 13.3 Å². The van der Waals surface area contributed by atoms with Crippen LogP contribution >= 0.6 is 11.6 Å². The van der Waals surface area contributed by atoms with Gasteiger partial charge in [0.15, 0.2) is 0 Å². The fraction of sp³-hybridized carbons (Fsp3) is 1.00. The third-order valence-electron chi connectivity index (χ3n) is 1.77. The van der Waals surface area contributed by atoms with E-state index in [1.807, 2.05) is 6.92 Å². The molecule has 4 heteroatoms. The van der Waals surface area contributed by atoms with Crippen molar-refractivity contribution in [1.29, 1.82) is 0 Å². The lowest BCUT2D eigenvalue weighted by Gasteiger charge is -2.30. The molecule has 0 radical (unpaired) electrons. The van der Waals surface area contributed by atoms with Crippen molar-refractivity contribution < 1.29 is 4.39 Å². The Morgan fingerprint density at radius 3 is 2.80 bits per heavy atom. The molecule has 1 heterocycles. The molecule has 0 aromatic carbocycles. The standard InChI is InChI=1S/C6H12ClFN2/c1-2-4-5(8)6(7)10-3-9-4/h4-6,9-10H,2-3H2,1H3. The van der Waals surface area contributed by atoms with Crippen molar-refractivity contribution in [2.75, 3.05) is 6.67 Å². The van der Waals surface area contributed by atoms with Crippen LogP contribution in [-0.4, -0.2) is 24.4 Å². The lowest BCUT2D eigenvalue weighted by Crippen LogP contribution is -2.56. The van der Waals surface area contributed by atoms with Gasteiger partial charge in [-0.3, -0.25) is 10.6 Å². The Morgan fingerprint density at radius 1 is 1.60 bits per heavy atom. The zero-order valence-electron chi connectivity index (χ0n) is 5.90. The van der Waals surface area contributed by atoms with Gasteiger partial charge in [0.2, 0.25) is 0 Å². The molecule has 0 bridgehead atoms. The van der Waals surface area contributed by atoms with E-state index >= 15 is 0 Å². The maximum atomic E-state index is 13.0. The summed E-state index contributed by atoms with van der Waals surface area (Å²) in [7, 11) is 0. The van der Waals surface area contributed by atoms with Crippen molar-refractivity contribution >= 4 is 11.6 Å². The van der Waals surface area contributed by atoms with Gasteiger partial charge in [-0.25, -0.2) is 4.39 Å². The highest BCUT2D eigenvalue weighted by molar-refractivity contribution is 6.20. The minimum Gasteiger partial charge on any atom is -0.299 e. The van der Waals surface area contributed by atoms with Crippen molar-refractivity contribution in [1.82, 2.24) is 10.6 Å². The van der Waals surface area contributed by atoms with Crippen LogP contribution in [-0.2, 0) is 0 Å². The molecule has 10 heavy (non-hydrogen) atoms. The molecule has 1 fully saturated rings.